The minimum atomic E-state index is -3.60. The molecule has 6 nitrogen and oxygen atoms in total. The number of fused-ring (bicyclic) bond motifs is 1. The number of aromatic nitrogens is 2. The van der Waals surface area contributed by atoms with Gasteiger partial charge in [0.25, 0.3) is 0 Å². The average Bonchev–Trinajstić information content (AvgIpc) is 2.96. The van der Waals surface area contributed by atoms with Crippen LogP contribution in [0.5, 0.6) is 0 Å². The Balaban J connectivity index is 1.72. The van der Waals surface area contributed by atoms with E-state index in [2.05, 4.69) is 25.7 Å². The molecule has 0 unspecified atom stereocenters. The summed E-state index contributed by atoms with van der Waals surface area (Å²) in [4.78, 5) is 0.110. The second-order valence-corrected chi connectivity index (χ2v) is 6.88. The maximum atomic E-state index is 12.3. The van der Waals surface area contributed by atoms with Crippen molar-refractivity contribution in [2.75, 3.05) is 6.54 Å². The molecule has 1 aromatic carbocycles. The van der Waals surface area contributed by atoms with Crippen LogP contribution in [-0.2, 0) is 10.0 Å². The Kier molecular flexibility index (Phi) is 4.03. The monoisotopic (exact) mass is 307 g/mol. The molecule has 1 heterocycles. The van der Waals surface area contributed by atoms with Crippen LogP contribution in [0.15, 0.2) is 39.4 Å². The lowest BCUT2D eigenvalue weighted by Crippen LogP contribution is -2.25. The standard InChI is InChI=1S/C14H17N3O3S/c18-21(19,15-10-9-11-5-2-1-3-6-11)13-8-4-7-12-14(13)17-20-16-12/h4-5,7-8,15H,1-3,6,9-10H2. The maximum absolute atomic E-state index is 12.3. The summed E-state index contributed by atoms with van der Waals surface area (Å²) in [5, 5.41) is 7.33. The van der Waals surface area contributed by atoms with Crippen LogP contribution in [0.3, 0.4) is 0 Å². The molecule has 2 aromatic rings. The molecular weight excluding hydrogens is 290 g/mol. The second-order valence-electron chi connectivity index (χ2n) is 5.14. The first kappa shape index (κ1) is 14.2. The quantitative estimate of drug-likeness (QED) is 0.857. The Labute approximate surface area is 123 Å². The normalized spacial score (nSPS) is 16.1. The molecular formula is C14H17N3O3S. The van der Waals surface area contributed by atoms with Gasteiger partial charge in [0, 0.05) is 6.54 Å². The van der Waals surface area contributed by atoms with E-state index in [0.717, 1.165) is 19.3 Å². The van der Waals surface area contributed by atoms with Gasteiger partial charge in [0.1, 0.15) is 10.4 Å². The summed E-state index contributed by atoms with van der Waals surface area (Å²) >= 11 is 0. The number of sulfonamides is 1. The van der Waals surface area contributed by atoms with Crippen molar-refractivity contribution in [3.63, 3.8) is 0 Å². The van der Waals surface area contributed by atoms with E-state index in [1.54, 1.807) is 12.1 Å². The molecule has 0 amide bonds. The smallest absolute Gasteiger partial charge is 0.242 e. The lowest BCUT2D eigenvalue weighted by Gasteiger charge is -2.13. The van der Waals surface area contributed by atoms with Crippen molar-refractivity contribution in [2.45, 2.75) is 37.0 Å². The van der Waals surface area contributed by atoms with Crippen LogP contribution < -0.4 is 4.72 Å². The molecule has 1 aliphatic rings. The number of hydrogen-bond acceptors (Lipinski definition) is 5. The van der Waals surface area contributed by atoms with Crippen LogP contribution in [0, 0.1) is 0 Å². The highest BCUT2D eigenvalue weighted by Gasteiger charge is 2.19. The van der Waals surface area contributed by atoms with Crippen LogP contribution >= 0.6 is 0 Å². The van der Waals surface area contributed by atoms with Gasteiger partial charge in [-0.1, -0.05) is 17.7 Å². The van der Waals surface area contributed by atoms with Crippen molar-refractivity contribution in [1.29, 1.82) is 0 Å². The van der Waals surface area contributed by atoms with Gasteiger partial charge in [0.05, 0.1) is 0 Å². The van der Waals surface area contributed by atoms with E-state index in [-0.39, 0.29) is 10.4 Å². The van der Waals surface area contributed by atoms with Crippen molar-refractivity contribution in [2.24, 2.45) is 0 Å². The fourth-order valence-corrected chi connectivity index (χ4v) is 3.73. The minimum absolute atomic E-state index is 0.110. The second kappa shape index (κ2) is 5.95. The van der Waals surface area contributed by atoms with Gasteiger partial charge in [0.15, 0.2) is 5.52 Å². The SMILES string of the molecule is O=S(=O)(NCCC1=CCCCC1)c1cccc2nonc12. The molecule has 112 valence electrons. The number of allylic oxidation sites excluding steroid dienone is 1. The number of rotatable bonds is 5. The number of nitrogens with zero attached hydrogens (tertiary/aromatic N) is 2. The van der Waals surface area contributed by atoms with Gasteiger partial charge in [-0.25, -0.2) is 17.8 Å². The van der Waals surface area contributed by atoms with Crippen molar-refractivity contribution < 1.29 is 13.0 Å². The van der Waals surface area contributed by atoms with Crippen LogP contribution in [0.25, 0.3) is 11.0 Å². The molecule has 0 atom stereocenters. The lowest BCUT2D eigenvalue weighted by atomic mass is 9.97. The van der Waals surface area contributed by atoms with Crippen molar-refractivity contribution in [1.82, 2.24) is 15.0 Å². The molecule has 3 rings (SSSR count). The zero-order chi connectivity index (χ0) is 14.7. The Morgan fingerprint density at radius 2 is 2.14 bits per heavy atom. The third-order valence-electron chi connectivity index (χ3n) is 3.66. The van der Waals surface area contributed by atoms with Crippen molar-refractivity contribution >= 4 is 21.1 Å². The van der Waals surface area contributed by atoms with E-state index >= 15 is 0 Å². The summed E-state index contributed by atoms with van der Waals surface area (Å²) in [6.45, 7) is 0.399. The number of hydrogen-bond donors (Lipinski definition) is 1. The van der Waals surface area contributed by atoms with E-state index in [4.69, 9.17) is 0 Å². The highest BCUT2D eigenvalue weighted by Crippen LogP contribution is 2.21. The molecule has 0 spiro atoms. The maximum Gasteiger partial charge on any atom is 0.242 e. The minimum Gasteiger partial charge on any atom is -0.243 e. The summed E-state index contributed by atoms with van der Waals surface area (Å²) < 4.78 is 31.9. The Bertz CT molecular complexity index is 765. The highest BCUT2D eigenvalue weighted by atomic mass is 32.2. The Morgan fingerprint density at radius 1 is 1.24 bits per heavy atom. The van der Waals surface area contributed by atoms with E-state index in [1.807, 2.05) is 0 Å². The molecule has 0 saturated heterocycles. The molecule has 0 aliphatic heterocycles. The lowest BCUT2D eigenvalue weighted by molar-refractivity contribution is 0.315. The highest BCUT2D eigenvalue weighted by molar-refractivity contribution is 7.89. The molecule has 0 bridgehead atoms. The zero-order valence-electron chi connectivity index (χ0n) is 11.6. The fraction of sp³-hybridized carbons (Fsp3) is 0.429. The molecule has 0 fully saturated rings. The van der Waals surface area contributed by atoms with Crippen LogP contribution in [0.4, 0.5) is 0 Å². The topological polar surface area (TPSA) is 85.1 Å². The molecule has 1 aliphatic carbocycles. The van der Waals surface area contributed by atoms with E-state index < -0.39 is 10.0 Å². The van der Waals surface area contributed by atoms with Gasteiger partial charge in [-0.15, -0.1) is 0 Å². The number of nitrogens with one attached hydrogen (secondary N) is 1. The van der Waals surface area contributed by atoms with E-state index in [9.17, 15) is 8.42 Å². The third-order valence-corrected chi connectivity index (χ3v) is 5.15. The largest absolute Gasteiger partial charge is 0.243 e. The summed E-state index contributed by atoms with van der Waals surface area (Å²) in [6, 6.07) is 4.80. The van der Waals surface area contributed by atoms with Crippen LogP contribution in [-0.4, -0.2) is 25.3 Å². The average molecular weight is 307 g/mol. The van der Waals surface area contributed by atoms with Crippen LogP contribution in [0.1, 0.15) is 32.1 Å². The van der Waals surface area contributed by atoms with Gasteiger partial charge in [0.2, 0.25) is 10.0 Å². The van der Waals surface area contributed by atoms with Gasteiger partial charge in [-0.2, -0.15) is 0 Å². The Hall–Kier alpha value is -1.73. The first-order valence-corrected chi connectivity index (χ1v) is 8.54. The third kappa shape index (κ3) is 3.14. The molecule has 1 N–H and O–H groups in total. The molecule has 21 heavy (non-hydrogen) atoms. The summed E-state index contributed by atoms with van der Waals surface area (Å²) in [5.41, 5.74) is 2.04. The van der Waals surface area contributed by atoms with Gasteiger partial charge in [-0.3, -0.25) is 0 Å². The predicted octanol–water partition coefficient (Wildman–Crippen LogP) is 2.39. The van der Waals surface area contributed by atoms with E-state index in [0.29, 0.717) is 12.1 Å². The Morgan fingerprint density at radius 3 is 2.95 bits per heavy atom. The van der Waals surface area contributed by atoms with Crippen molar-refractivity contribution in [3.8, 4) is 0 Å². The zero-order valence-corrected chi connectivity index (χ0v) is 12.4. The first-order chi connectivity index (χ1) is 10.2. The van der Waals surface area contributed by atoms with Gasteiger partial charge >= 0.3 is 0 Å². The predicted molar refractivity (Wildman–Crippen MR) is 78.2 cm³/mol. The summed E-state index contributed by atoms with van der Waals surface area (Å²) in [5.74, 6) is 0. The summed E-state index contributed by atoms with van der Waals surface area (Å²) in [6.07, 6.45) is 7.59. The van der Waals surface area contributed by atoms with Gasteiger partial charge < -0.3 is 0 Å². The number of benzene rings is 1. The van der Waals surface area contributed by atoms with E-state index in [1.165, 1.54) is 24.5 Å². The fourth-order valence-electron chi connectivity index (χ4n) is 2.55. The molecule has 0 radical (unpaired) electrons. The van der Waals surface area contributed by atoms with Crippen molar-refractivity contribution in [3.05, 3.63) is 29.8 Å². The van der Waals surface area contributed by atoms with Gasteiger partial charge in [-0.05, 0) is 54.6 Å². The first-order valence-electron chi connectivity index (χ1n) is 7.06. The molecule has 7 heteroatoms. The molecule has 1 aromatic heterocycles. The summed E-state index contributed by atoms with van der Waals surface area (Å²) in [7, 11) is -3.60. The van der Waals surface area contributed by atoms with Crippen LogP contribution in [0.2, 0.25) is 0 Å². The molecule has 0 saturated carbocycles.